The van der Waals surface area contributed by atoms with E-state index in [0.717, 1.165) is 37.5 Å². The molecule has 0 saturated carbocycles. The van der Waals surface area contributed by atoms with Gasteiger partial charge in [0, 0.05) is 18.0 Å². The lowest BCUT2D eigenvalue weighted by molar-refractivity contribution is 0.0292. The van der Waals surface area contributed by atoms with E-state index in [2.05, 4.69) is 39.9 Å². The van der Waals surface area contributed by atoms with Crippen LogP contribution in [0.1, 0.15) is 69.1 Å². The predicted molar refractivity (Wildman–Crippen MR) is 87.3 cm³/mol. The Hall–Kier alpha value is -0.450. The van der Waals surface area contributed by atoms with E-state index in [-0.39, 0.29) is 6.10 Å². The Morgan fingerprint density at radius 3 is 2.50 bits per heavy atom. The van der Waals surface area contributed by atoms with Crippen molar-refractivity contribution in [3.8, 4) is 0 Å². The molecule has 1 aromatic heterocycles. The van der Waals surface area contributed by atoms with Crippen LogP contribution < -0.4 is 5.32 Å². The molecule has 0 aliphatic rings. The zero-order valence-corrected chi connectivity index (χ0v) is 14.5. The molecule has 0 saturated heterocycles. The van der Waals surface area contributed by atoms with Crippen molar-refractivity contribution >= 4 is 11.3 Å². The summed E-state index contributed by atoms with van der Waals surface area (Å²) in [6, 6.07) is 0. The molecular weight excluding hydrogens is 268 g/mol. The number of aryl methyl sites for hydroxylation is 1. The number of nitrogens with zero attached hydrogens (tertiary/aromatic N) is 1. The number of rotatable bonds is 10. The molecule has 1 aromatic rings. The molecule has 20 heavy (non-hydrogen) atoms. The molecule has 0 amide bonds. The molecule has 3 nitrogen and oxygen atoms in total. The van der Waals surface area contributed by atoms with Gasteiger partial charge >= 0.3 is 0 Å². The maximum atomic E-state index is 5.89. The number of hydrogen-bond acceptors (Lipinski definition) is 4. The highest BCUT2D eigenvalue weighted by molar-refractivity contribution is 7.11. The van der Waals surface area contributed by atoms with Crippen LogP contribution in [-0.4, -0.2) is 18.1 Å². The number of ether oxygens (including phenoxy) is 1. The van der Waals surface area contributed by atoms with Crippen LogP contribution in [0, 0.1) is 5.92 Å². The van der Waals surface area contributed by atoms with Gasteiger partial charge in [0.2, 0.25) is 0 Å². The molecule has 1 N–H and O–H groups in total. The third-order valence-electron chi connectivity index (χ3n) is 3.19. The zero-order valence-electron chi connectivity index (χ0n) is 13.7. The van der Waals surface area contributed by atoms with Crippen molar-refractivity contribution in [2.45, 2.75) is 66.5 Å². The predicted octanol–water partition coefficient (Wildman–Crippen LogP) is 4.33. The van der Waals surface area contributed by atoms with Crippen molar-refractivity contribution in [3.63, 3.8) is 0 Å². The topological polar surface area (TPSA) is 34.1 Å². The van der Waals surface area contributed by atoms with Crippen molar-refractivity contribution in [1.29, 1.82) is 0 Å². The van der Waals surface area contributed by atoms with Crippen LogP contribution in [0.3, 0.4) is 0 Å². The van der Waals surface area contributed by atoms with E-state index in [0.29, 0.717) is 5.92 Å². The molecule has 1 rings (SSSR count). The molecule has 0 fully saturated rings. The minimum atomic E-state index is 0.139. The van der Waals surface area contributed by atoms with Gasteiger partial charge in [-0.15, -0.1) is 11.3 Å². The smallest absolute Gasteiger partial charge is 0.122 e. The van der Waals surface area contributed by atoms with Crippen LogP contribution in [0.2, 0.25) is 0 Å². The van der Waals surface area contributed by atoms with E-state index in [9.17, 15) is 0 Å². The van der Waals surface area contributed by atoms with Crippen LogP contribution in [0.25, 0.3) is 0 Å². The SMILES string of the molecule is CCCNCc1sc(C(OCC)C(C)C)nc1CCC. The normalized spacial score (nSPS) is 13.1. The van der Waals surface area contributed by atoms with Crippen molar-refractivity contribution in [2.24, 2.45) is 5.92 Å². The lowest BCUT2D eigenvalue weighted by Crippen LogP contribution is -2.13. The highest BCUT2D eigenvalue weighted by Gasteiger charge is 2.22. The van der Waals surface area contributed by atoms with Crippen molar-refractivity contribution in [3.05, 3.63) is 15.6 Å². The summed E-state index contributed by atoms with van der Waals surface area (Å²) in [5.41, 5.74) is 1.27. The van der Waals surface area contributed by atoms with Crippen LogP contribution in [-0.2, 0) is 17.7 Å². The molecule has 0 aliphatic carbocycles. The van der Waals surface area contributed by atoms with Crippen LogP contribution in [0.5, 0.6) is 0 Å². The summed E-state index contributed by atoms with van der Waals surface area (Å²) >= 11 is 1.83. The quantitative estimate of drug-likeness (QED) is 0.653. The highest BCUT2D eigenvalue weighted by atomic mass is 32.1. The first kappa shape index (κ1) is 17.6. The molecule has 0 aromatic carbocycles. The van der Waals surface area contributed by atoms with Gasteiger partial charge in [-0.3, -0.25) is 0 Å². The van der Waals surface area contributed by atoms with Crippen LogP contribution >= 0.6 is 11.3 Å². The fourth-order valence-electron chi connectivity index (χ4n) is 2.20. The summed E-state index contributed by atoms with van der Waals surface area (Å²) in [4.78, 5) is 6.26. The van der Waals surface area contributed by atoms with E-state index >= 15 is 0 Å². The second kappa shape index (κ2) is 9.48. The molecule has 1 unspecified atom stereocenters. The monoisotopic (exact) mass is 298 g/mol. The first-order valence-electron chi connectivity index (χ1n) is 7.94. The Kier molecular flexibility index (Phi) is 8.34. The molecule has 0 spiro atoms. The number of nitrogens with one attached hydrogen (secondary N) is 1. The van der Waals surface area contributed by atoms with Gasteiger partial charge in [-0.25, -0.2) is 4.98 Å². The summed E-state index contributed by atoms with van der Waals surface area (Å²) < 4.78 is 5.89. The van der Waals surface area contributed by atoms with Crippen molar-refractivity contribution in [2.75, 3.05) is 13.2 Å². The van der Waals surface area contributed by atoms with Gasteiger partial charge in [0.1, 0.15) is 11.1 Å². The molecule has 4 heteroatoms. The van der Waals surface area contributed by atoms with Gasteiger partial charge < -0.3 is 10.1 Å². The van der Waals surface area contributed by atoms with Crippen molar-refractivity contribution in [1.82, 2.24) is 10.3 Å². The maximum absolute atomic E-state index is 5.89. The summed E-state index contributed by atoms with van der Waals surface area (Å²) in [5.74, 6) is 0.465. The minimum absolute atomic E-state index is 0.139. The summed E-state index contributed by atoms with van der Waals surface area (Å²) in [6.45, 7) is 13.6. The standard InChI is InChI=1S/C16H30N2OS/c1-6-9-13-14(11-17-10-7-2)20-16(18-13)15(12(4)5)19-8-3/h12,15,17H,6-11H2,1-5H3. The van der Waals surface area contributed by atoms with Crippen LogP contribution in [0.4, 0.5) is 0 Å². The molecule has 1 atom stereocenters. The van der Waals surface area contributed by atoms with Gasteiger partial charge in [-0.1, -0.05) is 34.1 Å². The molecule has 116 valence electrons. The van der Waals surface area contributed by atoms with Gasteiger partial charge in [-0.05, 0) is 32.2 Å². The summed E-state index contributed by atoms with van der Waals surface area (Å²) in [6.07, 6.45) is 3.52. The first-order chi connectivity index (χ1) is 9.63. The Labute approximate surface area is 128 Å². The lowest BCUT2D eigenvalue weighted by Gasteiger charge is -2.18. The summed E-state index contributed by atoms with van der Waals surface area (Å²) in [5, 5.41) is 4.64. The Morgan fingerprint density at radius 2 is 1.95 bits per heavy atom. The van der Waals surface area contributed by atoms with Gasteiger partial charge in [0.15, 0.2) is 0 Å². The zero-order chi connectivity index (χ0) is 15.0. The van der Waals surface area contributed by atoms with E-state index in [1.54, 1.807) is 0 Å². The molecule has 1 heterocycles. The fraction of sp³-hybridized carbons (Fsp3) is 0.812. The number of hydrogen-bond donors (Lipinski definition) is 1. The fourth-order valence-corrected chi connectivity index (χ4v) is 3.51. The second-order valence-corrected chi connectivity index (χ2v) is 6.58. The van der Waals surface area contributed by atoms with Gasteiger partial charge in [0.25, 0.3) is 0 Å². The third kappa shape index (κ3) is 5.15. The summed E-state index contributed by atoms with van der Waals surface area (Å²) in [7, 11) is 0. The largest absolute Gasteiger partial charge is 0.371 e. The molecular formula is C16H30N2OS. The second-order valence-electron chi connectivity index (χ2n) is 5.47. The number of thiazole rings is 1. The third-order valence-corrected chi connectivity index (χ3v) is 4.35. The first-order valence-corrected chi connectivity index (χ1v) is 8.76. The number of aromatic nitrogens is 1. The van der Waals surface area contributed by atoms with Crippen LogP contribution in [0.15, 0.2) is 0 Å². The maximum Gasteiger partial charge on any atom is 0.122 e. The average Bonchev–Trinajstić information content (AvgIpc) is 2.79. The minimum Gasteiger partial charge on any atom is -0.371 e. The Bertz CT molecular complexity index is 377. The van der Waals surface area contributed by atoms with E-state index in [4.69, 9.17) is 9.72 Å². The lowest BCUT2D eigenvalue weighted by atomic mass is 10.1. The Morgan fingerprint density at radius 1 is 1.20 bits per heavy atom. The van der Waals surface area contributed by atoms with Gasteiger partial charge in [-0.2, -0.15) is 0 Å². The van der Waals surface area contributed by atoms with E-state index in [1.807, 2.05) is 11.3 Å². The van der Waals surface area contributed by atoms with E-state index in [1.165, 1.54) is 17.0 Å². The van der Waals surface area contributed by atoms with Gasteiger partial charge in [0.05, 0.1) is 5.69 Å². The average molecular weight is 298 g/mol. The van der Waals surface area contributed by atoms with Crippen molar-refractivity contribution < 1.29 is 4.74 Å². The molecule has 0 radical (unpaired) electrons. The Balaban J connectivity index is 2.87. The highest BCUT2D eigenvalue weighted by Crippen LogP contribution is 2.31. The molecule has 0 aliphatic heterocycles. The molecule has 0 bridgehead atoms. The van der Waals surface area contributed by atoms with E-state index < -0.39 is 0 Å².